The van der Waals surface area contributed by atoms with E-state index in [1.807, 2.05) is 19.1 Å². The Morgan fingerprint density at radius 3 is 2.71 bits per heavy atom. The van der Waals surface area contributed by atoms with Crippen LogP contribution < -0.4 is 0 Å². The molecule has 0 spiro atoms. The second-order valence-electron chi connectivity index (χ2n) is 5.61. The Bertz CT molecular complexity index is 649. The third kappa shape index (κ3) is 3.23. The molecule has 1 N–H and O–H groups in total. The van der Waals surface area contributed by atoms with Gasteiger partial charge in [0.25, 0.3) is 0 Å². The van der Waals surface area contributed by atoms with Crippen molar-refractivity contribution in [3.63, 3.8) is 0 Å². The number of carboxylic acid groups (broad SMARTS) is 1. The van der Waals surface area contributed by atoms with Crippen LogP contribution in [0.25, 0.3) is 11.0 Å². The van der Waals surface area contributed by atoms with E-state index >= 15 is 0 Å². The SMILES string of the molecule is CCC(C(C)C)n1c(SCC(=O)O)nc2c(C)cccc21. The lowest BCUT2D eigenvalue weighted by atomic mass is 10.0. The molecular formula is C16H22N2O2S. The van der Waals surface area contributed by atoms with Crippen molar-refractivity contribution in [1.29, 1.82) is 0 Å². The normalized spacial score (nSPS) is 13.0. The van der Waals surface area contributed by atoms with Crippen molar-refractivity contribution in [2.75, 3.05) is 5.75 Å². The van der Waals surface area contributed by atoms with E-state index in [-0.39, 0.29) is 5.75 Å². The van der Waals surface area contributed by atoms with Gasteiger partial charge >= 0.3 is 5.97 Å². The number of thioether (sulfide) groups is 1. The van der Waals surface area contributed by atoms with Gasteiger partial charge in [-0.3, -0.25) is 4.79 Å². The molecule has 1 atom stereocenters. The molecular weight excluding hydrogens is 284 g/mol. The van der Waals surface area contributed by atoms with E-state index in [0.29, 0.717) is 12.0 Å². The molecule has 1 heterocycles. The molecule has 2 rings (SSSR count). The molecule has 0 amide bonds. The van der Waals surface area contributed by atoms with Gasteiger partial charge in [-0.25, -0.2) is 4.98 Å². The second-order valence-corrected chi connectivity index (χ2v) is 6.55. The summed E-state index contributed by atoms with van der Waals surface area (Å²) in [6.45, 7) is 8.60. The van der Waals surface area contributed by atoms with E-state index < -0.39 is 5.97 Å². The lowest BCUT2D eigenvalue weighted by molar-refractivity contribution is -0.133. The number of carboxylic acids is 1. The van der Waals surface area contributed by atoms with Crippen LogP contribution in [0.2, 0.25) is 0 Å². The van der Waals surface area contributed by atoms with Gasteiger partial charge < -0.3 is 9.67 Å². The van der Waals surface area contributed by atoms with Gasteiger partial charge in [-0.05, 0) is 30.9 Å². The molecule has 2 aromatic rings. The molecule has 1 unspecified atom stereocenters. The predicted molar refractivity (Wildman–Crippen MR) is 87.0 cm³/mol. The maximum atomic E-state index is 10.9. The fraction of sp³-hybridized carbons (Fsp3) is 0.500. The number of rotatable bonds is 6. The Balaban J connectivity index is 2.59. The molecule has 0 fully saturated rings. The highest BCUT2D eigenvalue weighted by Gasteiger charge is 2.22. The number of fused-ring (bicyclic) bond motifs is 1. The predicted octanol–water partition coefficient (Wildman–Crippen LogP) is 4.13. The van der Waals surface area contributed by atoms with Crippen molar-refractivity contribution in [3.8, 4) is 0 Å². The zero-order valence-electron chi connectivity index (χ0n) is 13.0. The second kappa shape index (κ2) is 6.52. The maximum absolute atomic E-state index is 10.9. The number of carbonyl (C=O) groups is 1. The molecule has 5 heteroatoms. The van der Waals surface area contributed by atoms with Crippen molar-refractivity contribution in [3.05, 3.63) is 23.8 Å². The smallest absolute Gasteiger partial charge is 0.313 e. The molecule has 0 aliphatic carbocycles. The van der Waals surface area contributed by atoms with Crippen LogP contribution in [0.5, 0.6) is 0 Å². The van der Waals surface area contributed by atoms with Crippen LogP contribution >= 0.6 is 11.8 Å². The first-order valence-corrected chi connectivity index (χ1v) is 8.26. The van der Waals surface area contributed by atoms with E-state index in [9.17, 15) is 4.79 Å². The first-order valence-electron chi connectivity index (χ1n) is 7.27. The monoisotopic (exact) mass is 306 g/mol. The minimum Gasteiger partial charge on any atom is -0.481 e. The Hall–Kier alpha value is -1.49. The van der Waals surface area contributed by atoms with Gasteiger partial charge in [0.2, 0.25) is 0 Å². The lowest BCUT2D eigenvalue weighted by Crippen LogP contribution is -2.15. The van der Waals surface area contributed by atoms with E-state index in [4.69, 9.17) is 10.1 Å². The summed E-state index contributed by atoms with van der Waals surface area (Å²) < 4.78 is 2.22. The fourth-order valence-corrected chi connectivity index (χ4v) is 3.52. The summed E-state index contributed by atoms with van der Waals surface area (Å²) in [6.07, 6.45) is 0.998. The number of hydrogen-bond acceptors (Lipinski definition) is 3. The van der Waals surface area contributed by atoms with Gasteiger partial charge in [0, 0.05) is 6.04 Å². The van der Waals surface area contributed by atoms with E-state index in [2.05, 4.69) is 31.4 Å². The van der Waals surface area contributed by atoms with Gasteiger partial charge in [-0.1, -0.05) is 44.7 Å². The number of para-hydroxylation sites is 1. The fourth-order valence-electron chi connectivity index (χ4n) is 2.74. The van der Waals surface area contributed by atoms with Crippen molar-refractivity contribution in [2.24, 2.45) is 5.92 Å². The zero-order chi connectivity index (χ0) is 15.6. The van der Waals surface area contributed by atoms with Gasteiger partial charge in [-0.15, -0.1) is 0 Å². The lowest BCUT2D eigenvalue weighted by Gasteiger charge is -2.23. The summed E-state index contributed by atoms with van der Waals surface area (Å²) in [5.41, 5.74) is 3.20. The average Bonchev–Trinajstić information content (AvgIpc) is 2.77. The molecule has 0 aliphatic heterocycles. The summed E-state index contributed by atoms with van der Waals surface area (Å²) in [5.74, 6) is -0.304. The molecule has 0 bridgehead atoms. The Kier molecular flexibility index (Phi) is 4.93. The summed E-state index contributed by atoms with van der Waals surface area (Å²) >= 11 is 1.30. The number of aromatic nitrogens is 2. The van der Waals surface area contributed by atoms with Crippen LogP contribution in [-0.2, 0) is 4.79 Å². The molecule has 1 aromatic carbocycles. The van der Waals surface area contributed by atoms with Gasteiger partial charge in [-0.2, -0.15) is 0 Å². The Labute approximate surface area is 129 Å². The maximum Gasteiger partial charge on any atom is 0.313 e. The molecule has 21 heavy (non-hydrogen) atoms. The number of hydrogen-bond donors (Lipinski definition) is 1. The third-order valence-corrected chi connectivity index (χ3v) is 4.67. The molecule has 0 radical (unpaired) electrons. The number of aliphatic carboxylic acids is 1. The van der Waals surface area contributed by atoms with Crippen molar-refractivity contribution >= 4 is 28.8 Å². The Morgan fingerprint density at radius 2 is 2.14 bits per heavy atom. The zero-order valence-corrected chi connectivity index (χ0v) is 13.8. The van der Waals surface area contributed by atoms with Crippen LogP contribution in [0.4, 0.5) is 0 Å². The summed E-state index contributed by atoms with van der Waals surface area (Å²) in [7, 11) is 0. The van der Waals surface area contributed by atoms with E-state index in [0.717, 1.165) is 28.2 Å². The highest BCUT2D eigenvalue weighted by atomic mass is 32.2. The minimum atomic E-state index is -0.812. The molecule has 4 nitrogen and oxygen atoms in total. The number of benzene rings is 1. The van der Waals surface area contributed by atoms with Crippen LogP contribution in [0.15, 0.2) is 23.4 Å². The van der Waals surface area contributed by atoms with Crippen LogP contribution in [0.1, 0.15) is 38.8 Å². The molecule has 0 aliphatic rings. The third-order valence-electron chi connectivity index (χ3n) is 3.73. The molecule has 0 saturated carbocycles. The van der Waals surface area contributed by atoms with E-state index in [1.165, 1.54) is 11.8 Å². The average molecular weight is 306 g/mol. The van der Waals surface area contributed by atoms with E-state index in [1.54, 1.807) is 0 Å². The standard InChI is InChI=1S/C16H22N2O2S/c1-5-12(10(2)3)18-13-8-6-7-11(4)15(13)17-16(18)21-9-14(19)20/h6-8,10,12H,5,9H2,1-4H3,(H,19,20). The van der Waals surface area contributed by atoms with Crippen molar-refractivity contribution in [1.82, 2.24) is 9.55 Å². The van der Waals surface area contributed by atoms with Crippen LogP contribution in [0, 0.1) is 12.8 Å². The first-order chi connectivity index (χ1) is 9.95. The topological polar surface area (TPSA) is 55.1 Å². The summed E-state index contributed by atoms with van der Waals surface area (Å²) in [5, 5.41) is 9.75. The molecule has 0 saturated heterocycles. The first kappa shape index (κ1) is 15.9. The van der Waals surface area contributed by atoms with Crippen molar-refractivity contribution < 1.29 is 9.90 Å². The largest absolute Gasteiger partial charge is 0.481 e. The highest BCUT2D eigenvalue weighted by Crippen LogP contribution is 2.33. The van der Waals surface area contributed by atoms with Gasteiger partial charge in [0.05, 0.1) is 16.8 Å². The summed E-state index contributed by atoms with van der Waals surface area (Å²) in [6, 6.07) is 6.48. The van der Waals surface area contributed by atoms with Gasteiger partial charge in [0.1, 0.15) is 0 Å². The molecule has 114 valence electrons. The quantitative estimate of drug-likeness (QED) is 0.815. The number of aryl methyl sites for hydroxylation is 1. The Morgan fingerprint density at radius 1 is 1.43 bits per heavy atom. The van der Waals surface area contributed by atoms with Crippen molar-refractivity contribution in [2.45, 2.75) is 45.3 Å². The molecule has 1 aromatic heterocycles. The highest BCUT2D eigenvalue weighted by molar-refractivity contribution is 7.99. The summed E-state index contributed by atoms with van der Waals surface area (Å²) in [4.78, 5) is 15.6. The minimum absolute atomic E-state index is 0.0386. The van der Waals surface area contributed by atoms with Crippen LogP contribution in [-0.4, -0.2) is 26.4 Å². The number of imidazole rings is 1. The van der Waals surface area contributed by atoms with Crippen LogP contribution in [0.3, 0.4) is 0 Å². The number of nitrogens with zero attached hydrogens (tertiary/aromatic N) is 2. The van der Waals surface area contributed by atoms with Gasteiger partial charge in [0.15, 0.2) is 5.16 Å².